The maximum Gasteiger partial charge on any atom is 0.221 e. The zero-order valence-corrected chi connectivity index (χ0v) is 13.5. The molecule has 0 spiro atoms. The predicted molar refractivity (Wildman–Crippen MR) is 81.0 cm³/mol. The molecule has 0 aromatic heterocycles. The van der Waals surface area contributed by atoms with E-state index < -0.39 is 6.04 Å². The molecule has 5 heteroatoms. The van der Waals surface area contributed by atoms with Crippen molar-refractivity contribution in [2.45, 2.75) is 58.6 Å². The molecule has 0 saturated carbocycles. The SMILES string of the molecule is CCC(C)(C)CC(=O)NC1C(=O)COC1CN1CCCC1. The predicted octanol–water partition coefficient (Wildman–Crippen LogP) is 1.36. The standard InChI is InChI=1S/C16H28N2O3/c1-4-16(2,3)9-14(20)17-15-12(19)11-21-13(15)10-18-7-5-6-8-18/h13,15H,4-11H2,1-3H3,(H,17,20). The lowest BCUT2D eigenvalue weighted by atomic mass is 9.86. The maximum absolute atomic E-state index is 12.2. The van der Waals surface area contributed by atoms with Crippen LogP contribution in [0.1, 0.15) is 46.5 Å². The van der Waals surface area contributed by atoms with Crippen molar-refractivity contribution in [2.24, 2.45) is 5.41 Å². The molecular weight excluding hydrogens is 268 g/mol. The highest BCUT2D eigenvalue weighted by atomic mass is 16.5. The van der Waals surface area contributed by atoms with Crippen LogP contribution in [0.25, 0.3) is 0 Å². The van der Waals surface area contributed by atoms with Crippen LogP contribution >= 0.6 is 0 Å². The van der Waals surface area contributed by atoms with E-state index in [-0.39, 0.29) is 29.8 Å². The van der Waals surface area contributed by atoms with E-state index in [2.05, 4.69) is 31.0 Å². The van der Waals surface area contributed by atoms with Crippen LogP contribution in [-0.4, -0.2) is 55.0 Å². The van der Waals surface area contributed by atoms with Gasteiger partial charge in [-0.25, -0.2) is 0 Å². The van der Waals surface area contributed by atoms with Crippen molar-refractivity contribution in [2.75, 3.05) is 26.2 Å². The Morgan fingerprint density at radius 2 is 2.05 bits per heavy atom. The normalized spacial score (nSPS) is 27.3. The summed E-state index contributed by atoms with van der Waals surface area (Å²) in [5, 5.41) is 2.90. The minimum atomic E-state index is -0.467. The summed E-state index contributed by atoms with van der Waals surface area (Å²) >= 11 is 0. The molecule has 21 heavy (non-hydrogen) atoms. The Balaban J connectivity index is 1.89. The van der Waals surface area contributed by atoms with Gasteiger partial charge in [0.15, 0.2) is 5.78 Å². The number of likely N-dealkylation sites (tertiary alicyclic amines) is 1. The van der Waals surface area contributed by atoms with Crippen LogP contribution in [0.3, 0.4) is 0 Å². The van der Waals surface area contributed by atoms with Gasteiger partial charge in [0.1, 0.15) is 12.6 Å². The maximum atomic E-state index is 12.2. The summed E-state index contributed by atoms with van der Waals surface area (Å²) < 4.78 is 5.59. The molecule has 2 heterocycles. The Morgan fingerprint density at radius 3 is 2.67 bits per heavy atom. The molecule has 1 amide bonds. The molecule has 0 radical (unpaired) electrons. The molecule has 2 fully saturated rings. The second kappa shape index (κ2) is 6.88. The van der Waals surface area contributed by atoms with Crippen molar-refractivity contribution in [3.8, 4) is 0 Å². The molecule has 5 nitrogen and oxygen atoms in total. The number of hydrogen-bond donors (Lipinski definition) is 1. The highest BCUT2D eigenvalue weighted by Crippen LogP contribution is 2.24. The number of Topliss-reactive ketones (excluding diaryl/α,β-unsaturated/α-hetero) is 1. The van der Waals surface area contributed by atoms with Gasteiger partial charge in [-0.15, -0.1) is 0 Å². The molecule has 2 atom stereocenters. The van der Waals surface area contributed by atoms with Gasteiger partial charge in [0, 0.05) is 13.0 Å². The number of amides is 1. The third-order valence-electron chi connectivity index (χ3n) is 4.71. The van der Waals surface area contributed by atoms with Gasteiger partial charge in [0.2, 0.25) is 5.91 Å². The fourth-order valence-electron chi connectivity index (χ4n) is 2.92. The molecule has 0 aromatic rings. The fraction of sp³-hybridized carbons (Fsp3) is 0.875. The van der Waals surface area contributed by atoms with E-state index in [0.29, 0.717) is 6.42 Å². The first-order valence-electron chi connectivity index (χ1n) is 8.07. The molecule has 0 bridgehead atoms. The molecule has 1 N–H and O–H groups in total. The second-order valence-electron chi connectivity index (χ2n) is 7.06. The molecule has 0 aliphatic carbocycles. The quantitative estimate of drug-likeness (QED) is 0.804. The van der Waals surface area contributed by atoms with Crippen LogP contribution < -0.4 is 5.32 Å². The summed E-state index contributed by atoms with van der Waals surface area (Å²) in [7, 11) is 0. The average molecular weight is 296 g/mol. The summed E-state index contributed by atoms with van der Waals surface area (Å²) in [4.78, 5) is 26.5. The average Bonchev–Trinajstić information content (AvgIpc) is 3.03. The summed E-state index contributed by atoms with van der Waals surface area (Å²) in [6, 6.07) is -0.467. The van der Waals surface area contributed by atoms with Gasteiger partial charge in [0.25, 0.3) is 0 Å². The largest absolute Gasteiger partial charge is 0.366 e. The van der Waals surface area contributed by atoms with E-state index in [9.17, 15) is 9.59 Å². The Kier molecular flexibility index (Phi) is 5.38. The van der Waals surface area contributed by atoms with E-state index in [0.717, 1.165) is 26.1 Å². The highest BCUT2D eigenvalue weighted by molar-refractivity contribution is 5.92. The van der Waals surface area contributed by atoms with Gasteiger partial charge in [-0.2, -0.15) is 0 Å². The Morgan fingerprint density at radius 1 is 1.38 bits per heavy atom. The van der Waals surface area contributed by atoms with Crippen LogP contribution in [0.2, 0.25) is 0 Å². The summed E-state index contributed by atoms with van der Waals surface area (Å²) in [6.45, 7) is 9.22. The number of carbonyl (C=O) groups excluding carboxylic acids is 2. The van der Waals surface area contributed by atoms with Crippen molar-refractivity contribution in [1.82, 2.24) is 10.2 Å². The van der Waals surface area contributed by atoms with Gasteiger partial charge in [-0.1, -0.05) is 27.2 Å². The van der Waals surface area contributed by atoms with Crippen LogP contribution in [0.4, 0.5) is 0 Å². The van der Waals surface area contributed by atoms with Gasteiger partial charge in [-0.3, -0.25) is 9.59 Å². The molecule has 120 valence electrons. The third-order valence-corrected chi connectivity index (χ3v) is 4.71. The minimum Gasteiger partial charge on any atom is -0.366 e. The lowest BCUT2D eigenvalue weighted by Crippen LogP contribution is -2.49. The molecule has 2 rings (SSSR count). The number of ether oxygens (including phenoxy) is 1. The van der Waals surface area contributed by atoms with Crippen LogP contribution in [0, 0.1) is 5.41 Å². The third kappa shape index (κ3) is 4.51. The summed E-state index contributed by atoms with van der Waals surface area (Å²) in [6.07, 6.45) is 3.62. The van der Waals surface area contributed by atoms with Crippen LogP contribution in [0.15, 0.2) is 0 Å². The van der Waals surface area contributed by atoms with Gasteiger partial charge in [0.05, 0.1) is 6.10 Å². The van der Waals surface area contributed by atoms with E-state index in [4.69, 9.17) is 4.74 Å². The Bertz CT molecular complexity index is 389. The number of ketones is 1. The van der Waals surface area contributed by atoms with Crippen molar-refractivity contribution < 1.29 is 14.3 Å². The van der Waals surface area contributed by atoms with E-state index >= 15 is 0 Å². The topological polar surface area (TPSA) is 58.6 Å². The monoisotopic (exact) mass is 296 g/mol. The highest BCUT2D eigenvalue weighted by Gasteiger charge is 2.38. The number of nitrogens with zero attached hydrogens (tertiary/aromatic N) is 1. The van der Waals surface area contributed by atoms with E-state index in [1.807, 2.05) is 0 Å². The van der Waals surface area contributed by atoms with Crippen molar-refractivity contribution in [3.63, 3.8) is 0 Å². The summed E-state index contributed by atoms with van der Waals surface area (Å²) in [5.41, 5.74) is -0.0307. The smallest absolute Gasteiger partial charge is 0.221 e. The molecule has 2 aliphatic rings. The van der Waals surface area contributed by atoms with Crippen molar-refractivity contribution in [1.29, 1.82) is 0 Å². The van der Waals surface area contributed by atoms with Crippen LogP contribution in [-0.2, 0) is 14.3 Å². The number of carbonyl (C=O) groups is 2. The second-order valence-corrected chi connectivity index (χ2v) is 7.06. The lowest BCUT2D eigenvalue weighted by Gasteiger charge is -2.26. The first-order valence-corrected chi connectivity index (χ1v) is 8.07. The van der Waals surface area contributed by atoms with Gasteiger partial charge < -0.3 is 15.0 Å². The zero-order valence-electron chi connectivity index (χ0n) is 13.5. The van der Waals surface area contributed by atoms with E-state index in [1.165, 1.54) is 12.8 Å². The number of nitrogens with one attached hydrogen (secondary N) is 1. The summed E-state index contributed by atoms with van der Waals surface area (Å²) in [5.74, 6) is -0.0426. The lowest BCUT2D eigenvalue weighted by molar-refractivity contribution is -0.127. The first kappa shape index (κ1) is 16.4. The van der Waals surface area contributed by atoms with Crippen molar-refractivity contribution in [3.05, 3.63) is 0 Å². The number of rotatable bonds is 6. The van der Waals surface area contributed by atoms with Gasteiger partial charge >= 0.3 is 0 Å². The minimum absolute atomic E-state index is 0.00171. The first-order chi connectivity index (χ1) is 9.91. The van der Waals surface area contributed by atoms with E-state index in [1.54, 1.807) is 0 Å². The Hall–Kier alpha value is -0.940. The zero-order chi connectivity index (χ0) is 15.5. The fourth-order valence-corrected chi connectivity index (χ4v) is 2.92. The molecule has 2 unspecified atom stereocenters. The van der Waals surface area contributed by atoms with Crippen LogP contribution in [0.5, 0.6) is 0 Å². The van der Waals surface area contributed by atoms with Crippen molar-refractivity contribution >= 4 is 11.7 Å². The molecular formula is C16H28N2O3. The van der Waals surface area contributed by atoms with Gasteiger partial charge in [-0.05, 0) is 31.3 Å². The molecule has 0 aromatic carbocycles. The Labute approximate surface area is 127 Å². The molecule has 2 aliphatic heterocycles. The number of hydrogen-bond acceptors (Lipinski definition) is 4. The molecule has 2 saturated heterocycles.